The zero-order valence-electron chi connectivity index (χ0n) is 12.9. The molecule has 0 bridgehead atoms. The number of rotatable bonds is 3. The number of hydrogen-bond acceptors (Lipinski definition) is 3. The monoisotopic (exact) mass is 317 g/mol. The number of benzene rings is 2. The lowest BCUT2D eigenvalue weighted by atomic mass is 9.96. The summed E-state index contributed by atoms with van der Waals surface area (Å²) in [6.45, 7) is 0.216. The number of likely N-dealkylation sites (tertiary alicyclic amines) is 1. The molecule has 0 saturated carbocycles. The van der Waals surface area contributed by atoms with Crippen molar-refractivity contribution in [2.45, 2.75) is 6.54 Å². The average molecular weight is 317 g/mol. The highest BCUT2D eigenvalue weighted by atomic mass is 16.2. The zero-order chi connectivity index (χ0) is 16.7. The maximum Gasteiger partial charge on any atom is 0.241 e. The van der Waals surface area contributed by atoms with E-state index in [1.54, 1.807) is 6.08 Å². The van der Waals surface area contributed by atoms with Crippen molar-refractivity contribution in [3.8, 4) is 0 Å². The highest BCUT2D eigenvalue weighted by Crippen LogP contribution is 2.40. The molecule has 2 aromatic rings. The molecule has 118 valence electrons. The zero-order valence-corrected chi connectivity index (χ0v) is 12.9. The summed E-state index contributed by atoms with van der Waals surface area (Å²) in [6.07, 6.45) is 1.66. The fraction of sp³-hybridized carbons (Fsp3) is 0.150. The minimum atomic E-state index is -0.892. The van der Waals surface area contributed by atoms with Gasteiger partial charge in [0.25, 0.3) is 0 Å². The summed E-state index contributed by atoms with van der Waals surface area (Å²) in [7, 11) is 0. The Morgan fingerprint density at radius 1 is 0.792 bits per heavy atom. The number of nitrogens with zero attached hydrogens (tertiary/aromatic N) is 1. The molecular formula is C20H15NO3. The Kier molecular flexibility index (Phi) is 3.38. The van der Waals surface area contributed by atoms with Gasteiger partial charge >= 0.3 is 0 Å². The second kappa shape index (κ2) is 5.57. The third-order valence-corrected chi connectivity index (χ3v) is 4.60. The van der Waals surface area contributed by atoms with Crippen molar-refractivity contribution in [1.29, 1.82) is 0 Å². The van der Waals surface area contributed by atoms with E-state index in [-0.39, 0.29) is 24.1 Å². The number of carbonyl (C=O) groups excluding carboxylic acids is 3. The summed E-state index contributed by atoms with van der Waals surface area (Å²) in [5, 5.41) is 0. The van der Waals surface area contributed by atoms with Gasteiger partial charge in [-0.2, -0.15) is 0 Å². The van der Waals surface area contributed by atoms with Gasteiger partial charge in [-0.1, -0.05) is 66.7 Å². The topological polar surface area (TPSA) is 54.5 Å². The van der Waals surface area contributed by atoms with Gasteiger partial charge in [0.1, 0.15) is 5.92 Å². The van der Waals surface area contributed by atoms with E-state index in [0.717, 1.165) is 11.1 Å². The van der Waals surface area contributed by atoms with Crippen LogP contribution in [0.25, 0.3) is 5.57 Å². The first-order valence-electron chi connectivity index (χ1n) is 7.87. The Hall–Kier alpha value is -3.01. The lowest BCUT2D eigenvalue weighted by Crippen LogP contribution is -2.32. The fourth-order valence-corrected chi connectivity index (χ4v) is 3.40. The molecule has 2 atom stereocenters. The van der Waals surface area contributed by atoms with Crippen LogP contribution in [-0.2, 0) is 20.9 Å². The van der Waals surface area contributed by atoms with Crippen molar-refractivity contribution in [2.75, 3.05) is 0 Å². The lowest BCUT2D eigenvalue weighted by molar-refractivity contribution is -0.141. The van der Waals surface area contributed by atoms with Crippen molar-refractivity contribution >= 4 is 23.2 Å². The van der Waals surface area contributed by atoms with Crippen LogP contribution in [0.4, 0.5) is 0 Å². The van der Waals surface area contributed by atoms with E-state index in [1.165, 1.54) is 4.90 Å². The van der Waals surface area contributed by atoms with Crippen LogP contribution in [0.15, 0.2) is 66.7 Å². The Bertz CT molecular complexity index is 855. The molecule has 4 rings (SSSR count). The molecule has 1 heterocycles. The van der Waals surface area contributed by atoms with E-state index < -0.39 is 11.8 Å². The summed E-state index contributed by atoms with van der Waals surface area (Å²) in [5.41, 5.74) is 2.11. The van der Waals surface area contributed by atoms with Crippen LogP contribution in [0.3, 0.4) is 0 Å². The normalized spacial score (nSPS) is 22.8. The third-order valence-electron chi connectivity index (χ3n) is 4.60. The molecule has 0 N–H and O–H groups in total. The Balaban J connectivity index is 1.64. The lowest BCUT2D eigenvalue weighted by Gasteiger charge is -2.15. The molecule has 1 aliphatic heterocycles. The molecule has 2 aromatic carbocycles. The van der Waals surface area contributed by atoms with Crippen molar-refractivity contribution in [3.05, 3.63) is 77.9 Å². The molecule has 1 saturated heterocycles. The number of carbonyl (C=O) groups is 3. The first kappa shape index (κ1) is 14.6. The van der Waals surface area contributed by atoms with Crippen LogP contribution in [0, 0.1) is 11.8 Å². The van der Waals surface area contributed by atoms with E-state index in [4.69, 9.17) is 0 Å². The highest BCUT2D eigenvalue weighted by Gasteiger charge is 2.54. The number of Topliss-reactive ketones (excluding diaryl/α,β-unsaturated/α-hetero) is 1. The molecule has 24 heavy (non-hydrogen) atoms. The third kappa shape index (κ3) is 2.19. The molecule has 1 aliphatic carbocycles. The Labute approximate surface area is 139 Å². The molecular weight excluding hydrogens is 302 g/mol. The second-order valence-electron chi connectivity index (χ2n) is 6.06. The van der Waals surface area contributed by atoms with Gasteiger partial charge in [0.2, 0.25) is 11.8 Å². The van der Waals surface area contributed by atoms with Gasteiger partial charge in [0.15, 0.2) is 5.78 Å². The van der Waals surface area contributed by atoms with E-state index in [2.05, 4.69) is 0 Å². The number of ketones is 1. The fourth-order valence-electron chi connectivity index (χ4n) is 3.40. The predicted octanol–water partition coefficient (Wildman–Crippen LogP) is 2.45. The van der Waals surface area contributed by atoms with Gasteiger partial charge in [-0.15, -0.1) is 0 Å². The maximum atomic E-state index is 12.7. The van der Waals surface area contributed by atoms with Gasteiger partial charge in [0, 0.05) is 5.57 Å². The molecule has 1 fully saturated rings. The Morgan fingerprint density at radius 2 is 1.42 bits per heavy atom. The first-order chi connectivity index (χ1) is 11.7. The number of amides is 2. The average Bonchev–Trinajstić information content (AvgIpc) is 3.08. The summed E-state index contributed by atoms with van der Waals surface area (Å²) in [5.74, 6) is -2.48. The van der Waals surface area contributed by atoms with Crippen LogP contribution >= 0.6 is 0 Å². The van der Waals surface area contributed by atoms with Gasteiger partial charge < -0.3 is 0 Å². The largest absolute Gasteiger partial charge is 0.293 e. The summed E-state index contributed by atoms with van der Waals surface area (Å²) < 4.78 is 0. The van der Waals surface area contributed by atoms with Crippen molar-refractivity contribution in [1.82, 2.24) is 4.90 Å². The van der Waals surface area contributed by atoms with E-state index in [1.807, 2.05) is 60.7 Å². The van der Waals surface area contributed by atoms with Crippen LogP contribution in [0.5, 0.6) is 0 Å². The number of allylic oxidation sites excluding steroid dienone is 1. The minimum Gasteiger partial charge on any atom is -0.293 e. The van der Waals surface area contributed by atoms with Crippen LogP contribution in [0.1, 0.15) is 11.1 Å². The molecule has 4 nitrogen and oxygen atoms in total. The van der Waals surface area contributed by atoms with Gasteiger partial charge in [-0.3, -0.25) is 19.3 Å². The molecule has 0 spiro atoms. The van der Waals surface area contributed by atoms with Crippen molar-refractivity contribution in [2.24, 2.45) is 11.8 Å². The predicted molar refractivity (Wildman–Crippen MR) is 88.4 cm³/mol. The van der Waals surface area contributed by atoms with Gasteiger partial charge in [-0.05, 0) is 11.1 Å². The van der Waals surface area contributed by atoms with Crippen LogP contribution in [-0.4, -0.2) is 22.5 Å². The van der Waals surface area contributed by atoms with Crippen LogP contribution < -0.4 is 0 Å². The standard InChI is InChI=1S/C20H15NO3/c22-18-15(14-9-5-2-6-10-14)11-16-17(18)20(24)21(19(16)23)12-13-7-3-1-4-8-13/h1-11,16-17H,12H2/t16-,17-/m1/s1. The maximum absolute atomic E-state index is 12.7. The number of hydrogen-bond donors (Lipinski definition) is 0. The highest BCUT2D eigenvalue weighted by molar-refractivity contribution is 6.34. The molecule has 4 heteroatoms. The van der Waals surface area contributed by atoms with Crippen LogP contribution in [0.2, 0.25) is 0 Å². The Morgan fingerprint density at radius 3 is 2.04 bits per heavy atom. The van der Waals surface area contributed by atoms with Gasteiger partial charge in [0.05, 0.1) is 12.5 Å². The summed E-state index contributed by atoms with van der Waals surface area (Å²) in [4.78, 5) is 39.2. The molecule has 0 aromatic heterocycles. The SMILES string of the molecule is O=C1C(c2ccccc2)=C[C@H]2C(=O)N(Cc3ccccc3)C(=O)[C@@H]12. The van der Waals surface area contributed by atoms with E-state index >= 15 is 0 Å². The first-order valence-corrected chi connectivity index (χ1v) is 7.87. The molecule has 2 amide bonds. The second-order valence-corrected chi connectivity index (χ2v) is 6.06. The summed E-state index contributed by atoms with van der Waals surface area (Å²) >= 11 is 0. The quantitative estimate of drug-likeness (QED) is 0.645. The van der Waals surface area contributed by atoms with E-state index in [0.29, 0.717) is 5.57 Å². The van der Waals surface area contributed by atoms with Crippen molar-refractivity contribution < 1.29 is 14.4 Å². The molecule has 0 radical (unpaired) electrons. The number of fused-ring (bicyclic) bond motifs is 1. The molecule has 0 unspecified atom stereocenters. The van der Waals surface area contributed by atoms with Gasteiger partial charge in [-0.25, -0.2) is 0 Å². The smallest absolute Gasteiger partial charge is 0.241 e. The number of imide groups is 1. The minimum absolute atomic E-state index is 0.216. The molecule has 2 aliphatic rings. The van der Waals surface area contributed by atoms with E-state index in [9.17, 15) is 14.4 Å². The summed E-state index contributed by atoms with van der Waals surface area (Å²) in [6, 6.07) is 18.5. The van der Waals surface area contributed by atoms with Crippen molar-refractivity contribution in [3.63, 3.8) is 0 Å².